The number of carboxylic acid groups (broad SMARTS) is 1. The van der Waals surface area contributed by atoms with Crippen LogP contribution in [0.2, 0.25) is 0 Å². The molecular formula is C9H15NO5S. The van der Waals surface area contributed by atoms with Gasteiger partial charge in [-0.15, -0.1) is 6.58 Å². The van der Waals surface area contributed by atoms with E-state index in [9.17, 15) is 18.0 Å². The Balaban J connectivity index is 4.20. The minimum atomic E-state index is -3.22. The van der Waals surface area contributed by atoms with E-state index in [2.05, 4.69) is 11.9 Å². The summed E-state index contributed by atoms with van der Waals surface area (Å²) in [5, 5.41) is 10.9. The van der Waals surface area contributed by atoms with Gasteiger partial charge in [0.2, 0.25) is 5.91 Å². The van der Waals surface area contributed by atoms with Gasteiger partial charge in [0.05, 0.1) is 5.75 Å². The average Bonchev–Trinajstić information content (AvgIpc) is 2.13. The summed E-state index contributed by atoms with van der Waals surface area (Å²) in [7, 11) is -3.22. The summed E-state index contributed by atoms with van der Waals surface area (Å²) in [6.07, 6.45) is 2.24. The van der Waals surface area contributed by atoms with Crippen LogP contribution in [0.3, 0.4) is 0 Å². The first-order valence-electron chi connectivity index (χ1n) is 4.57. The molecule has 0 saturated heterocycles. The number of carboxylic acids is 1. The van der Waals surface area contributed by atoms with Crippen LogP contribution in [0.4, 0.5) is 0 Å². The topological polar surface area (TPSA) is 101 Å². The van der Waals surface area contributed by atoms with E-state index >= 15 is 0 Å². The van der Waals surface area contributed by atoms with Gasteiger partial charge in [-0.05, 0) is 6.42 Å². The molecule has 0 rings (SSSR count). The molecule has 0 fully saturated rings. The van der Waals surface area contributed by atoms with E-state index < -0.39 is 27.8 Å². The second-order valence-corrected chi connectivity index (χ2v) is 5.62. The first-order valence-corrected chi connectivity index (χ1v) is 6.63. The summed E-state index contributed by atoms with van der Waals surface area (Å²) in [4.78, 5) is 21.9. The van der Waals surface area contributed by atoms with E-state index in [1.807, 2.05) is 0 Å². The Morgan fingerprint density at radius 1 is 1.50 bits per heavy atom. The summed E-state index contributed by atoms with van der Waals surface area (Å²) in [6, 6.07) is -1.05. The fourth-order valence-electron chi connectivity index (χ4n) is 0.933. The van der Waals surface area contributed by atoms with Crippen LogP contribution in [-0.4, -0.2) is 43.5 Å². The highest BCUT2D eigenvalue weighted by Gasteiger charge is 2.18. The highest BCUT2D eigenvalue weighted by molar-refractivity contribution is 7.90. The van der Waals surface area contributed by atoms with E-state index in [4.69, 9.17) is 5.11 Å². The quantitative estimate of drug-likeness (QED) is 0.596. The lowest BCUT2D eigenvalue weighted by atomic mass is 10.2. The van der Waals surface area contributed by atoms with Gasteiger partial charge in [0.1, 0.15) is 15.9 Å². The molecule has 0 aliphatic heterocycles. The molecule has 2 N–H and O–H groups in total. The second-order valence-electron chi connectivity index (χ2n) is 3.36. The highest BCUT2D eigenvalue weighted by Crippen LogP contribution is 1.96. The third-order valence-corrected chi connectivity index (χ3v) is 2.68. The number of carbonyl (C=O) groups is 2. The molecule has 1 unspecified atom stereocenters. The summed E-state index contributed by atoms with van der Waals surface area (Å²) >= 11 is 0. The van der Waals surface area contributed by atoms with Crippen LogP contribution in [0.25, 0.3) is 0 Å². The number of hydrogen-bond acceptors (Lipinski definition) is 4. The Kier molecular flexibility index (Phi) is 5.73. The van der Waals surface area contributed by atoms with Crippen LogP contribution in [0.5, 0.6) is 0 Å². The molecule has 1 atom stereocenters. The predicted octanol–water partition coefficient (Wildman–Crippen LogP) is -0.433. The first-order chi connectivity index (χ1) is 7.26. The largest absolute Gasteiger partial charge is 0.480 e. The summed E-state index contributed by atoms with van der Waals surface area (Å²) in [5.41, 5.74) is 0. The molecule has 92 valence electrons. The number of amides is 1. The number of hydrogen-bond donors (Lipinski definition) is 2. The Morgan fingerprint density at radius 3 is 2.44 bits per heavy atom. The van der Waals surface area contributed by atoms with Crippen LogP contribution in [0, 0.1) is 0 Å². The van der Waals surface area contributed by atoms with Crippen LogP contribution >= 0.6 is 0 Å². The molecule has 0 radical (unpaired) electrons. The number of rotatable bonds is 7. The van der Waals surface area contributed by atoms with Gasteiger partial charge in [0.15, 0.2) is 0 Å². The van der Waals surface area contributed by atoms with Crippen molar-refractivity contribution in [3.8, 4) is 0 Å². The van der Waals surface area contributed by atoms with E-state index in [0.29, 0.717) is 0 Å². The van der Waals surface area contributed by atoms with E-state index in [-0.39, 0.29) is 18.6 Å². The lowest BCUT2D eigenvalue weighted by Gasteiger charge is -2.11. The van der Waals surface area contributed by atoms with Crippen LogP contribution in [0.1, 0.15) is 12.8 Å². The van der Waals surface area contributed by atoms with Crippen molar-refractivity contribution in [2.45, 2.75) is 18.9 Å². The van der Waals surface area contributed by atoms with Gasteiger partial charge in [0.25, 0.3) is 0 Å². The normalized spacial score (nSPS) is 12.8. The maximum atomic E-state index is 11.2. The second kappa shape index (κ2) is 6.26. The van der Waals surface area contributed by atoms with Crippen molar-refractivity contribution in [3.63, 3.8) is 0 Å². The molecule has 0 aliphatic carbocycles. The number of sulfone groups is 1. The molecule has 16 heavy (non-hydrogen) atoms. The van der Waals surface area contributed by atoms with Crippen LogP contribution in [-0.2, 0) is 19.4 Å². The zero-order valence-corrected chi connectivity index (χ0v) is 9.79. The van der Waals surface area contributed by atoms with E-state index in [0.717, 1.165) is 6.26 Å². The molecule has 0 saturated carbocycles. The molecule has 0 spiro atoms. The highest BCUT2D eigenvalue weighted by atomic mass is 32.2. The van der Waals surface area contributed by atoms with Gasteiger partial charge in [-0.1, -0.05) is 6.08 Å². The molecule has 0 aliphatic rings. The molecule has 0 heterocycles. The van der Waals surface area contributed by atoms with E-state index in [1.54, 1.807) is 0 Å². The van der Waals surface area contributed by atoms with Gasteiger partial charge in [-0.3, -0.25) is 4.79 Å². The standard InChI is InChI=1S/C9H15NO5S/c1-3-4-7(9(12)13)10-8(11)5-6-16(2,14)15/h3,7H,1,4-6H2,2H3,(H,10,11)(H,12,13). The number of aliphatic carboxylic acids is 1. The van der Waals surface area contributed by atoms with Crippen molar-refractivity contribution in [1.29, 1.82) is 0 Å². The van der Waals surface area contributed by atoms with Crippen molar-refractivity contribution in [2.75, 3.05) is 12.0 Å². The number of carbonyl (C=O) groups excluding carboxylic acids is 1. The Hall–Kier alpha value is -1.37. The fraction of sp³-hybridized carbons (Fsp3) is 0.556. The molecule has 0 aromatic heterocycles. The van der Waals surface area contributed by atoms with Gasteiger partial charge >= 0.3 is 5.97 Å². The third-order valence-electron chi connectivity index (χ3n) is 1.74. The first kappa shape index (κ1) is 14.6. The van der Waals surface area contributed by atoms with Crippen molar-refractivity contribution in [1.82, 2.24) is 5.32 Å². The Morgan fingerprint density at radius 2 is 2.06 bits per heavy atom. The molecule has 1 amide bonds. The van der Waals surface area contributed by atoms with Crippen molar-refractivity contribution in [3.05, 3.63) is 12.7 Å². The van der Waals surface area contributed by atoms with Crippen LogP contribution < -0.4 is 5.32 Å². The maximum Gasteiger partial charge on any atom is 0.326 e. The molecular weight excluding hydrogens is 234 g/mol. The van der Waals surface area contributed by atoms with Crippen molar-refractivity contribution in [2.24, 2.45) is 0 Å². The molecule has 0 bridgehead atoms. The fourth-order valence-corrected chi connectivity index (χ4v) is 1.49. The predicted molar refractivity (Wildman–Crippen MR) is 58.7 cm³/mol. The number of nitrogens with one attached hydrogen (secondary N) is 1. The maximum absolute atomic E-state index is 11.2. The van der Waals surface area contributed by atoms with Gasteiger partial charge in [0, 0.05) is 12.7 Å². The zero-order valence-electron chi connectivity index (χ0n) is 8.97. The van der Waals surface area contributed by atoms with Crippen molar-refractivity contribution < 1.29 is 23.1 Å². The van der Waals surface area contributed by atoms with Gasteiger partial charge < -0.3 is 10.4 Å². The average molecular weight is 249 g/mol. The summed E-state index contributed by atoms with van der Waals surface area (Å²) in [6.45, 7) is 3.36. The molecule has 7 heteroatoms. The Bertz CT molecular complexity index is 373. The lowest BCUT2D eigenvalue weighted by Crippen LogP contribution is -2.40. The Labute approximate surface area is 94.3 Å². The van der Waals surface area contributed by atoms with E-state index in [1.165, 1.54) is 6.08 Å². The molecule has 0 aromatic carbocycles. The minimum Gasteiger partial charge on any atom is -0.480 e. The van der Waals surface area contributed by atoms with Gasteiger partial charge in [-0.25, -0.2) is 13.2 Å². The minimum absolute atomic E-state index is 0.0972. The van der Waals surface area contributed by atoms with Crippen molar-refractivity contribution >= 4 is 21.7 Å². The van der Waals surface area contributed by atoms with Gasteiger partial charge in [-0.2, -0.15) is 0 Å². The lowest BCUT2D eigenvalue weighted by molar-refractivity contribution is -0.141. The molecule has 0 aromatic rings. The SMILES string of the molecule is C=CCC(NC(=O)CCS(C)(=O)=O)C(=O)O. The van der Waals surface area contributed by atoms with Crippen LogP contribution in [0.15, 0.2) is 12.7 Å². The zero-order chi connectivity index (χ0) is 12.8. The molecule has 6 nitrogen and oxygen atoms in total. The monoisotopic (exact) mass is 249 g/mol. The summed E-state index contributed by atoms with van der Waals surface area (Å²) in [5.74, 6) is -2.06. The summed E-state index contributed by atoms with van der Waals surface area (Å²) < 4.78 is 21.5. The smallest absolute Gasteiger partial charge is 0.326 e. The third kappa shape index (κ3) is 6.99.